The number of furan rings is 2. The van der Waals surface area contributed by atoms with Crippen LogP contribution in [0.3, 0.4) is 0 Å². The smallest absolute Gasteiger partial charge is 0.180 e. The number of aromatic nitrogens is 2. The number of rotatable bonds is 4. The third-order valence-corrected chi connectivity index (χ3v) is 10.3. The Kier molecular flexibility index (Phi) is 6.22. The molecule has 0 aliphatic carbocycles. The molecule has 0 aliphatic rings. The van der Waals surface area contributed by atoms with Crippen molar-refractivity contribution in [2.45, 2.75) is 0 Å². The lowest BCUT2D eigenvalue weighted by atomic mass is 9.96. The summed E-state index contributed by atoms with van der Waals surface area (Å²) >= 11 is 0. The third-order valence-electron chi connectivity index (χ3n) is 10.3. The number of benzene rings is 8. The number of nitrogens with zero attached hydrogens (tertiary/aromatic N) is 2. The number of fused-ring (bicyclic) bond motifs is 9. The van der Waals surface area contributed by atoms with Gasteiger partial charge in [-0.3, -0.25) is 0 Å². The van der Waals surface area contributed by atoms with Crippen LogP contribution in [0.25, 0.3) is 110 Å². The predicted molar refractivity (Wildman–Crippen MR) is 213 cm³/mol. The third kappa shape index (κ3) is 4.48. The maximum atomic E-state index is 6.61. The Morgan fingerprint density at radius 1 is 0.346 bits per heavy atom. The van der Waals surface area contributed by atoms with E-state index in [0.29, 0.717) is 11.4 Å². The van der Waals surface area contributed by atoms with Crippen molar-refractivity contribution in [3.8, 4) is 44.9 Å². The van der Waals surface area contributed by atoms with Gasteiger partial charge in [0.2, 0.25) is 0 Å². The van der Waals surface area contributed by atoms with Gasteiger partial charge in [-0.1, -0.05) is 133 Å². The van der Waals surface area contributed by atoms with Gasteiger partial charge in [0.25, 0.3) is 0 Å². The van der Waals surface area contributed by atoms with Crippen LogP contribution in [-0.2, 0) is 0 Å². The van der Waals surface area contributed by atoms with Crippen molar-refractivity contribution in [3.63, 3.8) is 0 Å². The highest BCUT2D eigenvalue weighted by molar-refractivity contribution is 6.19. The topological polar surface area (TPSA) is 52.1 Å². The first-order valence-electron chi connectivity index (χ1n) is 17.5. The van der Waals surface area contributed by atoms with Gasteiger partial charge in [-0.15, -0.1) is 0 Å². The van der Waals surface area contributed by atoms with Crippen LogP contribution in [0.5, 0.6) is 0 Å². The second-order valence-corrected chi connectivity index (χ2v) is 13.3. The molecule has 52 heavy (non-hydrogen) atoms. The number of hydrogen-bond donors (Lipinski definition) is 0. The van der Waals surface area contributed by atoms with E-state index in [-0.39, 0.29) is 0 Å². The highest BCUT2D eigenvalue weighted by atomic mass is 16.3. The molecule has 0 N–H and O–H groups in total. The fourth-order valence-corrected chi connectivity index (χ4v) is 7.69. The zero-order valence-electron chi connectivity index (χ0n) is 27.9. The van der Waals surface area contributed by atoms with Crippen LogP contribution in [0, 0.1) is 0 Å². The molecule has 0 spiro atoms. The minimum atomic E-state index is 0.644. The molecule has 0 fully saturated rings. The van der Waals surface area contributed by atoms with Crippen molar-refractivity contribution < 1.29 is 8.83 Å². The molecule has 3 heterocycles. The van der Waals surface area contributed by atoms with Gasteiger partial charge in [-0.2, -0.15) is 0 Å². The summed E-state index contributed by atoms with van der Waals surface area (Å²) in [5.74, 6) is 0.644. The summed E-state index contributed by atoms with van der Waals surface area (Å²) in [5, 5.41) is 7.59. The minimum Gasteiger partial charge on any atom is -0.455 e. The molecule has 0 radical (unpaired) electrons. The molecule has 0 bridgehead atoms. The molecule has 11 aromatic rings. The molecule has 4 heteroatoms. The summed E-state index contributed by atoms with van der Waals surface area (Å²) in [6.07, 6.45) is 0. The first-order valence-corrected chi connectivity index (χ1v) is 17.5. The van der Waals surface area contributed by atoms with Gasteiger partial charge in [0, 0.05) is 32.7 Å². The molecule has 4 nitrogen and oxygen atoms in total. The molecule has 8 aromatic carbocycles. The van der Waals surface area contributed by atoms with E-state index in [4.69, 9.17) is 18.8 Å². The molecule has 242 valence electrons. The second-order valence-electron chi connectivity index (χ2n) is 13.3. The van der Waals surface area contributed by atoms with Gasteiger partial charge in [0.1, 0.15) is 28.0 Å². The summed E-state index contributed by atoms with van der Waals surface area (Å²) in [6.45, 7) is 0. The van der Waals surface area contributed by atoms with Crippen LogP contribution >= 0.6 is 0 Å². The monoisotopic (exact) mass is 664 g/mol. The van der Waals surface area contributed by atoms with E-state index in [2.05, 4.69) is 133 Å². The van der Waals surface area contributed by atoms with E-state index in [1.54, 1.807) is 0 Å². The lowest BCUT2D eigenvalue weighted by Gasteiger charge is -2.10. The van der Waals surface area contributed by atoms with Crippen molar-refractivity contribution in [3.05, 3.63) is 170 Å². The fraction of sp³-hybridized carbons (Fsp3) is 0. The Bertz CT molecular complexity index is 3170. The van der Waals surface area contributed by atoms with Crippen LogP contribution in [0.1, 0.15) is 0 Å². The fourth-order valence-electron chi connectivity index (χ4n) is 7.69. The predicted octanol–water partition coefficient (Wildman–Crippen LogP) is 13.2. The molecule has 3 aromatic heterocycles. The Labute approximate surface area is 298 Å². The molecule has 0 saturated carbocycles. The van der Waals surface area contributed by atoms with Crippen molar-refractivity contribution >= 4 is 65.6 Å². The van der Waals surface area contributed by atoms with Crippen molar-refractivity contribution in [2.24, 2.45) is 0 Å². The van der Waals surface area contributed by atoms with Gasteiger partial charge in [-0.05, 0) is 74.8 Å². The average molecular weight is 665 g/mol. The zero-order valence-corrected chi connectivity index (χ0v) is 27.9. The Balaban J connectivity index is 1.09. The number of para-hydroxylation sites is 1. The van der Waals surface area contributed by atoms with E-state index in [1.165, 1.54) is 21.9 Å². The van der Waals surface area contributed by atoms with Gasteiger partial charge in [0.05, 0.1) is 0 Å². The number of hydrogen-bond acceptors (Lipinski definition) is 4. The van der Waals surface area contributed by atoms with Crippen LogP contribution < -0.4 is 0 Å². The summed E-state index contributed by atoms with van der Waals surface area (Å²) in [4.78, 5) is 10.5. The molecular weight excluding hydrogens is 637 g/mol. The molecule has 0 aliphatic heterocycles. The highest BCUT2D eigenvalue weighted by Gasteiger charge is 2.21. The maximum absolute atomic E-state index is 6.61. The van der Waals surface area contributed by atoms with Gasteiger partial charge < -0.3 is 8.83 Å². The lowest BCUT2D eigenvalue weighted by Crippen LogP contribution is -1.95. The molecule has 11 rings (SSSR count). The Hall–Kier alpha value is -7.04. The van der Waals surface area contributed by atoms with Crippen molar-refractivity contribution in [1.29, 1.82) is 0 Å². The second kappa shape index (κ2) is 11.2. The molecule has 0 saturated heterocycles. The summed E-state index contributed by atoms with van der Waals surface area (Å²) < 4.78 is 13.0. The van der Waals surface area contributed by atoms with Crippen LogP contribution in [0.15, 0.2) is 179 Å². The van der Waals surface area contributed by atoms with Gasteiger partial charge in [-0.25, -0.2) is 9.97 Å². The lowest BCUT2D eigenvalue weighted by molar-refractivity contribution is 0.667. The first kappa shape index (κ1) is 28.8. The van der Waals surface area contributed by atoms with Crippen LogP contribution in [-0.4, -0.2) is 9.97 Å². The van der Waals surface area contributed by atoms with E-state index in [0.717, 1.165) is 77.1 Å². The quantitative estimate of drug-likeness (QED) is 0.188. The standard InChI is InChI=1S/C48H28N2O2/c1-2-11-32(12-3-1)44-47-45(38-16-8-9-17-42(38)52-47)50-48(49-44)41-28-40-39-27-35(24-25-43(39)51-46(40)37-15-7-6-14-36(37)41)31-20-18-30(19-21-31)34-23-22-29-10-4-5-13-33(29)26-34/h1-28H. The van der Waals surface area contributed by atoms with Gasteiger partial charge >= 0.3 is 0 Å². The molecule has 0 atom stereocenters. The SMILES string of the molecule is c1ccc(-c2nc(-c3cc4c5cc(-c6ccc(-c7ccc8ccccc8c7)cc6)ccc5oc4c4ccccc34)nc3c2oc2ccccc23)cc1. The van der Waals surface area contributed by atoms with E-state index >= 15 is 0 Å². The Morgan fingerprint density at radius 3 is 1.79 bits per heavy atom. The van der Waals surface area contributed by atoms with E-state index in [1.807, 2.05) is 36.4 Å². The largest absolute Gasteiger partial charge is 0.455 e. The zero-order chi connectivity index (χ0) is 34.2. The summed E-state index contributed by atoms with van der Waals surface area (Å²) in [7, 11) is 0. The summed E-state index contributed by atoms with van der Waals surface area (Å²) in [6, 6.07) is 59.3. The van der Waals surface area contributed by atoms with E-state index in [9.17, 15) is 0 Å². The van der Waals surface area contributed by atoms with Crippen molar-refractivity contribution in [2.75, 3.05) is 0 Å². The van der Waals surface area contributed by atoms with Crippen LogP contribution in [0.4, 0.5) is 0 Å². The van der Waals surface area contributed by atoms with Crippen molar-refractivity contribution in [1.82, 2.24) is 9.97 Å². The van der Waals surface area contributed by atoms with Crippen LogP contribution in [0.2, 0.25) is 0 Å². The molecule has 0 unspecified atom stereocenters. The minimum absolute atomic E-state index is 0.644. The van der Waals surface area contributed by atoms with E-state index < -0.39 is 0 Å². The highest BCUT2D eigenvalue weighted by Crippen LogP contribution is 2.42. The normalized spacial score (nSPS) is 11.8. The molecule has 0 amide bonds. The van der Waals surface area contributed by atoms with Gasteiger partial charge in [0.15, 0.2) is 11.4 Å². The first-order chi connectivity index (χ1) is 25.7. The average Bonchev–Trinajstić information content (AvgIpc) is 3.78. The maximum Gasteiger partial charge on any atom is 0.180 e. The Morgan fingerprint density at radius 2 is 0.962 bits per heavy atom. The summed E-state index contributed by atoms with van der Waals surface area (Å²) in [5.41, 5.74) is 11.4. The molecular formula is C48H28N2O2.